The van der Waals surface area contributed by atoms with Crippen LogP contribution in [0.4, 0.5) is 49.2 Å². The summed E-state index contributed by atoms with van der Waals surface area (Å²) in [6.07, 6.45) is -8.78. The number of hydrogen-bond donors (Lipinski definition) is 3. The first-order valence-electron chi connectivity index (χ1n) is 11.4. The smallest absolute Gasteiger partial charge is 0.380 e. The van der Waals surface area contributed by atoms with Crippen LogP contribution in [0.3, 0.4) is 0 Å². The van der Waals surface area contributed by atoms with Crippen LogP contribution < -0.4 is 21.3 Å². The molecule has 0 aliphatic carbocycles. The van der Waals surface area contributed by atoms with Gasteiger partial charge in [-0.15, -0.1) is 0 Å². The monoisotopic (exact) mass is 539 g/mol. The normalized spacial score (nSPS) is 14.3. The minimum absolute atomic E-state index is 0.0527. The molecule has 13 heteroatoms. The van der Waals surface area contributed by atoms with Gasteiger partial charge in [0.25, 0.3) is 5.91 Å². The molecule has 202 valence electrons. The second-order valence-electron chi connectivity index (χ2n) is 8.52. The summed E-state index contributed by atoms with van der Waals surface area (Å²) in [5.74, 6) is -0.599. The SMILES string of the molecule is NC(=O)c1cnc(Nc2ccc(N3CCOCC3)cc2)cc1NCc1cc(C(F)(F)F)cc(C(F)(F)F)c1. The van der Waals surface area contributed by atoms with Crippen molar-refractivity contribution in [1.29, 1.82) is 0 Å². The van der Waals surface area contributed by atoms with E-state index in [-0.39, 0.29) is 28.7 Å². The maximum Gasteiger partial charge on any atom is 0.416 e. The summed E-state index contributed by atoms with van der Waals surface area (Å²) < 4.78 is 84.5. The highest BCUT2D eigenvalue weighted by Gasteiger charge is 2.36. The Labute approximate surface area is 213 Å². The fourth-order valence-corrected chi connectivity index (χ4v) is 3.91. The molecule has 1 aliphatic rings. The van der Waals surface area contributed by atoms with Crippen molar-refractivity contribution in [1.82, 2.24) is 4.98 Å². The number of ether oxygens (including phenoxy) is 1. The lowest BCUT2D eigenvalue weighted by Crippen LogP contribution is -2.36. The number of benzene rings is 2. The molecule has 4 N–H and O–H groups in total. The number of halogens is 6. The van der Waals surface area contributed by atoms with Crippen molar-refractivity contribution in [2.24, 2.45) is 5.73 Å². The number of primary amides is 1. The predicted molar refractivity (Wildman–Crippen MR) is 129 cm³/mol. The number of nitrogens with two attached hydrogens (primary N) is 1. The van der Waals surface area contributed by atoms with E-state index in [9.17, 15) is 31.1 Å². The number of alkyl halides is 6. The molecule has 0 saturated carbocycles. The van der Waals surface area contributed by atoms with E-state index in [0.717, 1.165) is 18.8 Å². The van der Waals surface area contributed by atoms with Gasteiger partial charge in [-0.3, -0.25) is 4.79 Å². The Morgan fingerprint density at radius 3 is 2.11 bits per heavy atom. The number of carbonyl (C=O) groups excluding carboxylic acids is 1. The molecule has 2 aromatic carbocycles. The Balaban J connectivity index is 1.54. The lowest BCUT2D eigenvalue weighted by molar-refractivity contribution is -0.143. The van der Waals surface area contributed by atoms with E-state index >= 15 is 0 Å². The van der Waals surface area contributed by atoms with Crippen LogP contribution in [-0.4, -0.2) is 37.2 Å². The molecule has 0 radical (unpaired) electrons. The van der Waals surface area contributed by atoms with E-state index < -0.39 is 35.9 Å². The van der Waals surface area contributed by atoms with Gasteiger partial charge in [-0.05, 0) is 48.0 Å². The third kappa shape index (κ3) is 6.65. The number of amides is 1. The highest BCUT2D eigenvalue weighted by molar-refractivity contribution is 5.98. The zero-order chi connectivity index (χ0) is 27.5. The van der Waals surface area contributed by atoms with Gasteiger partial charge in [-0.25, -0.2) is 4.98 Å². The lowest BCUT2D eigenvalue weighted by atomic mass is 10.0. The Kier molecular flexibility index (Phi) is 7.67. The Bertz CT molecular complexity index is 1260. The summed E-state index contributed by atoms with van der Waals surface area (Å²) in [4.78, 5) is 18.2. The second kappa shape index (κ2) is 10.8. The van der Waals surface area contributed by atoms with Gasteiger partial charge in [0.2, 0.25) is 0 Å². The first-order chi connectivity index (χ1) is 17.9. The molecule has 1 fully saturated rings. The van der Waals surface area contributed by atoms with Crippen LogP contribution in [-0.2, 0) is 23.6 Å². The molecule has 3 aromatic rings. The first-order valence-corrected chi connectivity index (χ1v) is 11.4. The summed E-state index contributed by atoms with van der Waals surface area (Å²) in [5, 5.41) is 5.77. The van der Waals surface area contributed by atoms with Crippen LogP contribution in [0.5, 0.6) is 0 Å². The molecule has 0 bridgehead atoms. The van der Waals surface area contributed by atoms with Crippen molar-refractivity contribution in [3.05, 3.63) is 77.0 Å². The van der Waals surface area contributed by atoms with Crippen molar-refractivity contribution in [3.63, 3.8) is 0 Å². The molecule has 7 nitrogen and oxygen atoms in total. The summed E-state index contributed by atoms with van der Waals surface area (Å²) in [7, 11) is 0. The number of pyridine rings is 1. The zero-order valence-electron chi connectivity index (χ0n) is 19.8. The van der Waals surface area contributed by atoms with Crippen LogP contribution in [0, 0.1) is 0 Å². The van der Waals surface area contributed by atoms with Gasteiger partial charge in [0, 0.05) is 43.3 Å². The van der Waals surface area contributed by atoms with Gasteiger partial charge in [0.15, 0.2) is 0 Å². The molecular formula is C25H23F6N5O2. The minimum Gasteiger partial charge on any atom is -0.380 e. The number of carbonyl (C=O) groups is 1. The van der Waals surface area contributed by atoms with Crippen LogP contribution in [0.2, 0.25) is 0 Å². The van der Waals surface area contributed by atoms with Crippen LogP contribution in [0.15, 0.2) is 54.7 Å². The molecule has 1 amide bonds. The number of rotatable bonds is 7. The standard InChI is InChI=1S/C25H23F6N5O2/c26-24(27,28)16-9-15(10-17(11-16)25(29,30)31)13-33-21-12-22(34-14-20(21)23(32)37)35-18-1-3-19(4-2-18)36-5-7-38-8-6-36/h1-4,9-12,14H,5-8,13H2,(H2,32,37)(H2,33,34,35). The van der Waals surface area contributed by atoms with Crippen molar-refractivity contribution >= 4 is 28.8 Å². The van der Waals surface area contributed by atoms with Crippen LogP contribution in [0.25, 0.3) is 0 Å². The molecule has 0 unspecified atom stereocenters. The molecule has 0 spiro atoms. The van der Waals surface area contributed by atoms with Gasteiger partial charge in [-0.1, -0.05) is 0 Å². The molecular weight excluding hydrogens is 516 g/mol. The van der Waals surface area contributed by atoms with E-state index in [4.69, 9.17) is 10.5 Å². The maximum absolute atomic E-state index is 13.2. The largest absolute Gasteiger partial charge is 0.416 e. The van der Waals surface area contributed by atoms with Gasteiger partial charge in [-0.2, -0.15) is 26.3 Å². The van der Waals surface area contributed by atoms with Crippen molar-refractivity contribution in [2.45, 2.75) is 18.9 Å². The zero-order valence-corrected chi connectivity index (χ0v) is 19.8. The summed E-state index contributed by atoms with van der Waals surface area (Å²) in [5.41, 5.74) is 3.92. The Morgan fingerprint density at radius 2 is 1.55 bits per heavy atom. The number of aromatic nitrogens is 1. The van der Waals surface area contributed by atoms with Crippen molar-refractivity contribution in [3.8, 4) is 0 Å². The summed E-state index contributed by atoms with van der Waals surface area (Å²) in [6, 6.07) is 10.1. The average Bonchev–Trinajstić information content (AvgIpc) is 2.87. The minimum atomic E-state index is -4.97. The fraction of sp³-hybridized carbons (Fsp3) is 0.280. The molecule has 38 heavy (non-hydrogen) atoms. The highest BCUT2D eigenvalue weighted by Crippen LogP contribution is 2.36. The molecule has 1 aliphatic heterocycles. The third-order valence-corrected chi connectivity index (χ3v) is 5.82. The number of nitrogens with zero attached hydrogens (tertiary/aromatic N) is 2. The Morgan fingerprint density at radius 1 is 0.947 bits per heavy atom. The van der Waals surface area contributed by atoms with Crippen molar-refractivity contribution in [2.75, 3.05) is 41.8 Å². The van der Waals surface area contributed by atoms with E-state index in [0.29, 0.717) is 31.0 Å². The molecule has 1 aromatic heterocycles. The summed E-state index contributed by atoms with van der Waals surface area (Å²) >= 11 is 0. The first kappa shape index (κ1) is 27.0. The van der Waals surface area contributed by atoms with Crippen LogP contribution in [0.1, 0.15) is 27.0 Å². The van der Waals surface area contributed by atoms with E-state index in [1.807, 2.05) is 24.3 Å². The van der Waals surface area contributed by atoms with E-state index in [1.165, 1.54) is 12.3 Å². The lowest BCUT2D eigenvalue weighted by Gasteiger charge is -2.28. The third-order valence-electron chi connectivity index (χ3n) is 5.82. The average molecular weight is 539 g/mol. The highest BCUT2D eigenvalue weighted by atomic mass is 19.4. The van der Waals surface area contributed by atoms with E-state index in [1.54, 1.807) is 0 Å². The van der Waals surface area contributed by atoms with Crippen LogP contribution >= 0.6 is 0 Å². The number of anilines is 4. The number of morpholine rings is 1. The quantitative estimate of drug-likeness (QED) is 0.348. The topological polar surface area (TPSA) is 92.5 Å². The molecule has 2 heterocycles. The number of nitrogens with one attached hydrogen (secondary N) is 2. The maximum atomic E-state index is 13.2. The molecule has 0 atom stereocenters. The second-order valence-corrected chi connectivity index (χ2v) is 8.52. The predicted octanol–water partition coefficient (Wildman–Crippen LogP) is 5.41. The number of hydrogen-bond acceptors (Lipinski definition) is 6. The fourth-order valence-electron chi connectivity index (χ4n) is 3.91. The van der Waals surface area contributed by atoms with Gasteiger partial charge in [0.1, 0.15) is 5.82 Å². The van der Waals surface area contributed by atoms with Gasteiger partial charge in [0.05, 0.1) is 35.6 Å². The molecule has 4 rings (SSSR count). The van der Waals surface area contributed by atoms with Gasteiger partial charge >= 0.3 is 12.4 Å². The Hall–Kier alpha value is -4.00. The van der Waals surface area contributed by atoms with Crippen molar-refractivity contribution < 1.29 is 35.9 Å². The summed E-state index contributed by atoms with van der Waals surface area (Å²) in [6.45, 7) is 2.39. The van der Waals surface area contributed by atoms with E-state index in [2.05, 4.69) is 20.5 Å². The van der Waals surface area contributed by atoms with Gasteiger partial charge < -0.3 is 26.0 Å². The molecule has 1 saturated heterocycles.